The van der Waals surface area contributed by atoms with Gasteiger partial charge in [0.25, 0.3) is 5.91 Å². The Hall–Kier alpha value is -2.18. The van der Waals surface area contributed by atoms with E-state index in [0.29, 0.717) is 18.4 Å². The number of sulfonamides is 1. The van der Waals surface area contributed by atoms with Crippen LogP contribution >= 0.6 is 0 Å². The van der Waals surface area contributed by atoms with Gasteiger partial charge in [-0.2, -0.15) is 0 Å². The third-order valence-corrected chi connectivity index (χ3v) is 5.82. The van der Waals surface area contributed by atoms with Gasteiger partial charge in [0.05, 0.1) is 11.8 Å². The van der Waals surface area contributed by atoms with Crippen molar-refractivity contribution in [1.82, 2.24) is 10.0 Å². The molecule has 0 aromatic heterocycles. The SMILES string of the molecule is CCCS(=O)(=O)NCc1ccc2c(c1)C(Cc1ccccc1)NC2=O. The van der Waals surface area contributed by atoms with Crippen molar-refractivity contribution in [3.8, 4) is 0 Å². The molecule has 5 nitrogen and oxygen atoms in total. The van der Waals surface area contributed by atoms with Gasteiger partial charge in [-0.05, 0) is 35.6 Å². The van der Waals surface area contributed by atoms with Gasteiger partial charge in [-0.25, -0.2) is 13.1 Å². The number of nitrogens with one attached hydrogen (secondary N) is 2. The summed E-state index contributed by atoms with van der Waals surface area (Å²) in [6.07, 6.45) is 1.29. The summed E-state index contributed by atoms with van der Waals surface area (Å²) < 4.78 is 26.2. The molecule has 0 bridgehead atoms. The van der Waals surface area contributed by atoms with E-state index in [2.05, 4.69) is 10.0 Å². The molecule has 2 N–H and O–H groups in total. The first-order valence-corrected chi connectivity index (χ1v) is 10.1. The topological polar surface area (TPSA) is 75.3 Å². The highest BCUT2D eigenvalue weighted by molar-refractivity contribution is 7.89. The largest absolute Gasteiger partial charge is 0.345 e. The zero-order chi connectivity index (χ0) is 17.9. The molecule has 3 rings (SSSR count). The van der Waals surface area contributed by atoms with Crippen molar-refractivity contribution >= 4 is 15.9 Å². The summed E-state index contributed by atoms with van der Waals surface area (Å²) in [5.74, 6) is 0.0447. The molecule has 1 aliphatic heterocycles. The van der Waals surface area contributed by atoms with Crippen LogP contribution in [0.4, 0.5) is 0 Å². The Balaban J connectivity index is 1.78. The fourth-order valence-electron chi connectivity index (χ4n) is 3.08. The Bertz CT molecular complexity index is 863. The predicted molar refractivity (Wildman–Crippen MR) is 97.7 cm³/mol. The smallest absolute Gasteiger partial charge is 0.252 e. The van der Waals surface area contributed by atoms with Gasteiger partial charge in [-0.15, -0.1) is 0 Å². The molecule has 0 saturated heterocycles. The van der Waals surface area contributed by atoms with Crippen LogP contribution in [-0.2, 0) is 23.0 Å². The van der Waals surface area contributed by atoms with E-state index in [9.17, 15) is 13.2 Å². The van der Waals surface area contributed by atoms with Crippen LogP contribution in [0.3, 0.4) is 0 Å². The lowest BCUT2D eigenvalue weighted by Crippen LogP contribution is -2.25. The van der Waals surface area contributed by atoms with Crippen molar-refractivity contribution in [2.24, 2.45) is 0 Å². The normalized spacial score (nSPS) is 16.5. The third-order valence-electron chi connectivity index (χ3n) is 4.29. The summed E-state index contributed by atoms with van der Waals surface area (Å²) in [4.78, 5) is 12.2. The van der Waals surface area contributed by atoms with Crippen LogP contribution < -0.4 is 10.0 Å². The minimum Gasteiger partial charge on any atom is -0.345 e. The quantitative estimate of drug-likeness (QED) is 0.799. The molecule has 1 aliphatic rings. The number of amides is 1. The summed E-state index contributed by atoms with van der Waals surface area (Å²) in [6, 6.07) is 15.4. The van der Waals surface area contributed by atoms with Gasteiger partial charge in [0.15, 0.2) is 0 Å². The van der Waals surface area contributed by atoms with Crippen molar-refractivity contribution in [3.63, 3.8) is 0 Å². The van der Waals surface area contributed by atoms with E-state index in [-0.39, 0.29) is 24.2 Å². The molecule has 6 heteroatoms. The summed E-state index contributed by atoms with van der Waals surface area (Å²) in [7, 11) is -3.25. The highest BCUT2D eigenvalue weighted by atomic mass is 32.2. The predicted octanol–water partition coefficient (Wildman–Crippen LogP) is 2.54. The molecule has 0 radical (unpaired) electrons. The lowest BCUT2D eigenvalue weighted by atomic mass is 9.97. The third kappa shape index (κ3) is 4.27. The average molecular weight is 358 g/mol. The summed E-state index contributed by atoms with van der Waals surface area (Å²) in [5.41, 5.74) is 3.60. The van der Waals surface area contributed by atoms with Crippen LogP contribution in [0, 0.1) is 0 Å². The maximum atomic E-state index is 12.2. The molecule has 1 unspecified atom stereocenters. The Morgan fingerprint density at radius 3 is 2.56 bits per heavy atom. The van der Waals surface area contributed by atoms with E-state index < -0.39 is 10.0 Å². The lowest BCUT2D eigenvalue weighted by Gasteiger charge is -2.13. The number of hydrogen-bond acceptors (Lipinski definition) is 3. The number of carbonyl (C=O) groups excluding carboxylic acids is 1. The number of carbonyl (C=O) groups is 1. The molecule has 2 aromatic rings. The Kier molecular flexibility index (Phi) is 5.20. The van der Waals surface area contributed by atoms with E-state index in [1.807, 2.05) is 43.3 Å². The second-order valence-corrected chi connectivity index (χ2v) is 8.20. The first-order chi connectivity index (χ1) is 12.0. The van der Waals surface area contributed by atoms with Gasteiger partial charge < -0.3 is 5.32 Å². The second-order valence-electron chi connectivity index (χ2n) is 6.28. The minimum absolute atomic E-state index is 0.0750. The van der Waals surface area contributed by atoms with Crippen LogP contribution in [0.25, 0.3) is 0 Å². The molecule has 0 spiro atoms. The molecule has 0 aliphatic carbocycles. The first kappa shape index (κ1) is 17.6. The second kappa shape index (κ2) is 7.37. The van der Waals surface area contributed by atoms with Crippen LogP contribution in [0.2, 0.25) is 0 Å². The lowest BCUT2D eigenvalue weighted by molar-refractivity contribution is 0.0956. The number of fused-ring (bicyclic) bond motifs is 1. The molecule has 0 fully saturated rings. The Morgan fingerprint density at radius 1 is 1.08 bits per heavy atom. The van der Waals surface area contributed by atoms with E-state index in [1.165, 1.54) is 0 Å². The van der Waals surface area contributed by atoms with Gasteiger partial charge in [0, 0.05) is 12.1 Å². The molecular weight excluding hydrogens is 336 g/mol. The highest BCUT2D eigenvalue weighted by Gasteiger charge is 2.28. The average Bonchev–Trinajstić information content (AvgIpc) is 2.89. The fourth-order valence-corrected chi connectivity index (χ4v) is 4.14. The zero-order valence-electron chi connectivity index (χ0n) is 14.2. The van der Waals surface area contributed by atoms with Crippen LogP contribution in [-0.4, -0.2) is 20.1 Å². The first-order valence-electron chi connectivity index (χ1n) is 8.43. The standard InChI is InChI=1S/C19H22N2O3S/c1-2-10-25(23,24)20-13-15-8-9-16-17(11-15)18(21-19(16)22)12-14-6-4-3-5-7-14/h3-9,11,18,20H,2,10,12-13H2,1H3,(H,21,22). The Morgan fingerprint density at radius 2 is 1.84 bits per heavy atom. The Labute approximate surface area is 148 Å². The van der Waals surface area contributed by atoms with E-state index >= 15 is 0 Å². The summed E-state index contributed by atoms with van der Waals surface area (Å²) >= 11 is 0. The molecule has 1 heterocycles. The van der Waals surface area contributed by atoms with Crippen LogP contribution in [0.15, 0.2) is 48.5 Å². The van der Waals surface area contributed by atoms with Crippen molar-refractivity contribution in [1.29, 1.82) is 0 Å². The summed E-state index contributed by atoms with van der Waals surface area (Å²) in [5, 5.41) is 3.01. The summed E-state index contributed by atoms with van der Waals surface area (Å²) in [6.45, 7) is 2.07. The monoisotopic (exact) mass is 358 g/mol. The fraction of sp³-hybridized carbons (Fsp3) is 0.316. The van der Waals surface area contributed by atoms with Gasteiger partial charge >= 0.3 is 0 Å². The molecule has 25 heavy (non-hydrogen) atoms. The number of hydrogen-bond donors (Lipinski definition) is 2. The molecule has 1 amide bonds. The van der Waals surface area contributed by atoms with Crippen molar-refractivity contribution < 1.29 is 13.2 Å². The zero-order valence-corrected chi connectivity index (χ0v) is 15.0. The van der Waals surface area contributed by atoms with Gasteiger partial charge in [0.1, 0.15) is 0 Å². The van der Waals surface area contributed by atoms with Gasteiger partial charge in [0.2, 0.25) is 10.0 Å². The van der Waals surface area contributed by atoms with Gasteiger partial charge in [-0.3, -0.25) is 4.79 Å². The number of benzene rings is 2. The van der Waals surface area contributed by atoms with E-state index in [1.54, 1.807) is 12.1 Å². The highest BCUT2D eigenvalue weighted by Crippen LogP contribution is 2.29. The maximum absolute atomic E-state index is 12.2. The van der Waals surface area contributed by atoms with Crippen LogP contribution in [0.1, 0.15) is 46.4 Å². The van der Waals surface area contributed by atoms with E-state index in [4.69, 9.17) is 0 Å². The van der Waals surface area contributed by atoms with Crippen molar-refractivity contribution in [3.05, 3.63) is 70.8 Å². The van der Waals surface area contributed by atoms with Crippen molar-refractivity contribution in [2.75, 3.05) is 5.75 Å². The van der Waals surface area contributed by atoms with Gasteiger partial charge in [-0.1, -0.05) is 49.4 Å². The van der Waals surface area contributed by atoms with Crippen molar-refractivity contribution in [2.45, 2.75) is 32.4 Å². The number of rotatable bonds is 7. The molecule has 2 aromatic carbocycles. The van der Waals surface area contributed by atoms with Crippen LogP contribution in [0.5, 0.6) is 0 Å². The molecule has 132 valence electrons. The molecule has 1 atom stereocenters. The maximum Gasteiger partial charge on any atom is 0.252 e. The molecular formula is C19H22N2O3S. The minimum atomic E-state index is -3.25. The molecule has 0 saturated carbocycles. The van der Waals surface area contributed by atoms with E-state index in [0.717, 1.165) is 16.7 Å².